The van der Waals surface area contributed by atoms with Crippen LogP contribution in [0, 0.1) is 23.0 Å². The van der Waals surface area contributed by atoms with Gasteiger partial charge in [0.15, 0.2) is 0 Å². The van der Waals surface area contributed by atoms with Crippen molar-refractivity contribution >= 4 is 5.97 Å². The van der Waals surface area contributed by atoms with Crippen molar-refractivity contribution in [1.82, 2.24) is 0 Å². The van der Waals surface area contributed by atoms with E-state index in [1.807, 2.05) is 0 Å². The Bertz CT molecular complexity index is 488. The molecule has 2 rings (SSSR count). The number of rotatable bonds is 6. The van der Waals surface area contributed by atoms with Gasteiger partial charge in [-0.2, -0.15) is 0 Å². The second-order valence-corrected chi connectivity index (χ2v) is 5.35. The molecule has 5 heteroatoms. The molecule has 1 unspecified atom stereocenters. The number of halogens is 2. The van der Waals surface area contributed by atoms with Crippen LogP contribution in [0.5, 0.6) is 0 Å². The molecule has 1 aromatic rings. The van der Waals surface area contributed by atoms with Crippen LogP contribution in [0.1, 0.15) is 24.8 Å². The van der Waals surface area contributed by atoms with E-state index in [2.05, 4.69) is 0 Å². The van der Waals surface area contributed by atoms with Crippen molar-refractivity contribution in [3.8, 4) is 0 Å². The summed E-state index contributed by atoms with van der Waals surface area (Å²) >= 11 is 0. The molecular weight excluding hydrogens is 252 g/mol. The third-order valence-electron chi connectivity index (χ3n) is 3.76. The predicted octanol–water partition coefficient (Wildman–Crippen LogP) is 2.34. The number of carboxylic acid groups (broad SMARTS) is 1. The first kappa shape index (κ1) is 13.9. The molecule has 0 radical (unpaired) electrons. The molecule has 1 aromatic carbocycles. The predicted molar refractivity (Wildman–Crippen MR) is 66.5 cm³/mol. The second kappa shape index (κ2) is 5.25. The van der Waals surface area contributed by atoms with Crippen LogP contribution in [0.4, 0.5) is 8.78 Å². The van der Waals surface area contributed by atoms with Gasteiger partial charge in [0.25, 0.3) is 0 Å². The van der Waals surface area contributed by atoms with Crippen molar-refractivity contribution in [2.75, 3.05) is 6.54 Å². The number of nitrogens with two attached hydrogens (primary N) is 1. The van der Waals surface area contributed by atoms with Crippen LogP contribution >= 0.6 is 0 Å². The van der Waals surface area contributed by atoms with Crippen LogP contribution in [-0.4, -0.2) is 17.6 Å². The van der Waals surface area contributed by atoms with Crippen molar-refractivity contribution in [3.05, 3.63) is 35.4 Å². The maximum Gasteiger partial charge on any atom is 0.311 e. The molecule has 1 atom stereocenters. The number of aliphatic carboxylic acids is 1. The molecule has 0 aliphatic heterocycles. The quantitative estimate of drug-likeness (QED) is 0.833. The van der Waals surface area contributed by atoms with Gasteiger partial charge in [0, 0.05) is 12.6 Å². The molecule has 3 N–H and O–H groups in total. The lowest BCUT2D eigenvalue weighted by molar-refractivity contribution is -0.149. The van der Waals surface area contributed by atoms with Crippen molar-refractivity contribution in [1.29, 1.82) is 0 Å². The number of hydrogen-bond acceptors (Lipinski definition) is 2. The van der Waals surface area contributed by atoms with Gasteiger partial charge in [0.05, 0.1) is 5.41 Å². The zero-order chi connectivity index (χ0) is 14.0. The summed E-state index contributed by atoms with van der Waals surface area (Å²) in [5.74, 6) is -2.03. The fourth-order valence-corrected chi connectivity index (χ4v) is 2.38. The molecule has 0 amide bonds. The van der Waals surface area contributed by atoms with E-state index in [0.717, 1.165) is 25.0 Å². The highest BCUT2D eigenvalue weighted by Gasteiger charge is 2.42. The average molecular weight is 269 g/mol. The van der Waals surface area contributed by atoms with Gasteiger partial charge >= 0.3 is 5.97 Å². The van der Waals surface area contributed by atoms with E-state index in [4.69, 9.17) is 5.73 Å². The molecule has 1 aliphatic carbocycles. The smallest absolute Gasteiger partial charge is 0.311 e. The van der Waals surface area contributed by atoms with Gasteiger partial charge in [-0.25, -0.2) is 8.78 Å². The number of hydrogen-bond donors (Lipinski definition) is 2. The minimum Gasteiger partial charge on any atom is -0.481 e. The Labute approximate surface area is 110 Å². The molecule has 0 aromatic heterocycles. The summed E-state index contributed by atoms with van der Waals surface area (Å²) in [5, 5.41) is 9.43. The molecule has 104 valence electrons. The van der Waals surface area contributed by atoms with Crippen LogP contribution in [0.15, 0.2) is 18.2 Å². The van der Waals surface area contributed by atoms with E-state index < -0.39 is 23.0 Å². The zero-order valence-corrected chi connectivity index (χ0v) is 10.5. The summed E-state index contributed by atoms with van der Waals surface area (Å²) in [4.78, 5) is 11.5. The minimum absolute atomic E-state index is 0.00144. The van der Waals surface area contributed by atoms with Gasteiger partial charge in [-0.05, 0) is 30.4 Å². The standard InChI is InChI=1S/C14H17F2NO2/c15-11-4-3-10(12(16)5-11)7-14(8-17,13(18)19)6-9-1-2-9/h3-5,9H,1-2,6-8,17H2,(H,18,19). The number of carbonyl (C=O) groups is 1. The maximum atomic E-state index is 13.7. The zero-order valence-electron chi connectivity index (χ0n) is 10.5. The van der Waals surface area contributed by atoms with E-state index >= 15 is 0 Å². The maximum absolute atomic E-state index is 13.7. The highest BCUT2D eigenvalue weighted by atomic mass is 19.1. The fourth-order valence-electron chi connectivity index (χ4n) is 2.38. The molecule has 0 heterocycles. The van der Waals surface area contributed by atoms with Crippen molar-refractivity contribution in [2.24, 2.45) is 17.1 Å². The summed E-state index contributed by atoms with van der Waals surface area (Å²) in [6.45, 7) is -0.0460. The Kier molecular flexibility index (Phi) is 3.85. The topological polar surface area (TPSA) is 63.3 Å². The van der Waals surface area contributed by atoms with E-state index in [-0.39, 0.29) is 18.5 Å². The summed E-state index contributed by atoms with van der Waals surface area (Å²) in [5.41, 5.74) is 4.69. The lowest BCUT2D eigenvalue weighted by Gasteiger charge is -2.28. The highest BCUT2D eigenvalue weighted by molar-refractivity contribution is 5.75. The minimum atomic E-state index is -1.15. The van der Waals surface area contributed by atoms with Gasteiger partial charge in [0.2, 0.25) is 0 Å². The molecule has 1 saturated carbocycles. The molecule has 1 aliphatic rings. The normalized spacial score (nSPS) is 18.1. The molecule has 0 bridgehead atoms. The summed E-state index contributed by atoms with van der Waals surface area (Å²) < 4.78 is 26.5. The summed E-state index contributed by atoms with van der Waals surface area (Å²) in [7, 11) is 0. The highest BCUT2D eigenvalue weighted by Crippen LogP contribution is 2.42. The largest absolute Gasteiger partial charge is 0.481 e. The third kappa shape index (κ3) is 3.10. The lowest BCUT2D eigenvalue weighted by Crippen LogP contribution is -2.41. The Balaban J connectivity index is 2.25. The van der Waals surface area contributed by atoms with Crippen LogP contribution in [0.2, 0.25) is 0 Å². The Morgan fingerprint density at radius 2 is 2.11 bits per heavy atom. The average Bonchev–Trinajstić information content (AvgIpc) is 3.15. The van der Waals surface area contributed by atoms with Crippen molar-refractivity contribution < 1.29 is 18.7 Å². The van der Waals surface area contributed by atoms with Gasteiger partial charge in [0.1, 0.15) is 11.6 Å². The van der Waals surface area contributed by atoms with Crippen molar-refractivity contribution in [3.63, 3.8) is 0 Å². The second-order valence-electron chi connectivity index (χ2n) is 5.35. The Morgan fingerprint density at radius 3 is 2.58 bits per heavy atom. The van der Waals surface area contributed by atoms with Crippen molar-refractivity contribution in [2.45, 2.75) is 25.7 Å². The van der Waals surface area contributed by atoms with E-state index in [9.17, 15) is 18.7 Å². The molecule has 3 nitrogen and oxygen atoms in total. The summed E-state index contributed by atoms with van der Waals surface area (Å²) in [6, 6.07) is 3.21. The first-order chi connectivity index (χ1) is 8.97. The third-order valence-corrected chi connectivity index (χ3v) is 3.76. The Hall–Kier alpha value is -1.49. The first-order valence-electron chi connectivity index (χ1n) is 6.34. The number of carboxylic acids is 1. The van der Waals surface area contributed by atoms with Crippen LogP contribution in [-0.2, 0) is 11.2 Å². The van der Waals surface area contributed by atoms with Crippen LogP contribution in [0.3, 0.4) is 0 Å². The fraction of sp³-hybridized carbons (Fsp3) is 0.500. The molecule has 1 fully saturated rings. The van der Waals surface area contributed by atoms with Gasteiger partial charge in [-0.3, -0.25) is 4.79 Å². The molecule has 0 saturated heterocycles. The molecule has 19 heavy (non-hydrogen) atoms. The van der Waals surface area contributed by atoms with Gasteiger partial charge in [-0.1, -0.05) is 18.9 Å². The van der Waals surface area contributed by atoms with E-state index in [1.165, 1.54) is 6.07 Å². The SMILES string of the molecule is NCC(Cc1ccc(F)cc1F)(CC1CC1)C(=O)O. The number of benzene rings is 1. The van der Waals surface area contributed by atoms with E-state index in [1.54, 1.807) is 0 Å². The monoisotopic (exact) mass is 269 g/mol. The Morgan fingerprint density at radius 1 is 1.42 bits per heavy atom. The molecular formula is C14H17F2NO2. The molecule has 0 spiro atoms. The van der Waals surface area contributed by atoms with Gasteiger partial charge in [-0.15, -0.1) is 0 Å². The van der Waals surface area contributed by atoms with Gasteiger partial charge < -0.3 is 10.8 Å². The van der Waals surface area contributed by atoms with Crippen LogP contribution in [0.25, 0.3) is 0 Å². The summed E-state index contributed by atoms with van der Waals surface area (Å²) in [6.07, 6.45) is 2.46. The first-order valence-corrected chi connectivity index (χ1v) is 6.34. The van der Waals surface area contributed by atoms with E-state index in [0.29, 0.717) is 12.3 Å². The lowest BCUT2D eigenvalue weighted by atomic mass is 9.77. The van der Waals surface area contributed by atoms with Crippen LogP contribution < -0.4 is 5.73 Å².